The molecule has 0 aromatic heterocycles. The second-order valence-corrected chi connectivity index (χ2v) is 2.85. The number of anilines is 1. The van der Waals surface area contributed by atoms with Crippen LogP contribution >= 0.6 is 0 Å². The van der Waals surface area contributed by atoms with Crippen molar-refractivity contribution in [2.24, 2.45) is 0 Å². The van der Waals surface area contributed by atoms with Gasteiger partial charge in [0.2, 0.25) is 0 Å². The summed E-state index contributed by atoms with van der Waals surface area (Å²) in [6.07, 6.45) is 0.871. The molecule has 0 unspecified atom stereocenters. The van der Waals surface area contributed by atoms with Gasteiger partial charge in [0.1, 0.15) is 0 Å². The molecule has 0 atom stereocenters. The SMILES string of the molecule is CC.CCCNc1ccc([N+](=O)[O-])cc1F. The quantitative estimate of drug-likeness (QED) is 0.633. The minimum Gasteiger partial charge on any atom is -0.383 e. The van der Waals surface area contributed by atoms with Gasteiger partial charge in [0.05, 0.1) is 16.7 Å². The predicted octanol–water partition coefficient (Wildman–Crippen LogP) is 3.58. The largest absolute Gasteiger partial charge is 0.383 e. The Morgan fingerprint density at radius 2 is 2.06 bits per heavy atom. The van der Waals surface area contributed by atoms with E-state index in [4.69, 9.17) is 0 Å². The van der Waals surface area contributed by atoms with Gasteiger partial charge in [-0.2, -0.15) is 0 Å². The Bertz CT molecular complexity index is 343. The average Bonchev–Trinajstić information content (AvgIpc) is 2.30. The first-order chi connectivity index (χ1) is 7.65. The van der Waals surface area contributed by atoms with E-state index in [0.717, 1.165) is 12.5 Å². The van der Waals surface area contributed by atoms with Crippen LogP contribution in [0.4, 0.5) is 15.8 Å². The van der Waals surface area contributed by atoms with Crippen LogP contribution in [0, 0.1) is 15.9 Å². The maximum absolute atomic E-state index is 13.2. The van der Waals surface area contributed by atoms with Gasteiger partial charge in [-0.25, -0.2) is 4.39 Å². The molecule has 0 aliphatic heterocycles. The number of non-ortho nitro benzene ring substituents is 1. The Kier molecular flexibility index (Phi) is 6.83. The van der Waals surface area contributed by atoms with Crippen LogP contribution in [0.1, 0.15) is 27.2 Å². The zero-order chi connectivity index (χ0) is 12.6. The molecule has 4 nitrogen and oxygen atoms in total. The number of hydrogen-bond acceptors (Lipinski definition) is 3. The summed E-state index contributed by atoms with van der Waals surface area (Å²) in [4.78, 5) is 9.68. The van der Waals surface area contributed by atoms with Crippen molar-refractivity contribution < 1.29 is 9.31 Å². The lowest BCUT2D eigenvalue weighted by atomic mass is 10.2. The highest BCUT2D eigenvalue weighted by molar-refractivity contribution is 5.49. The van der Waals surface area contributed by atoms with Crippen LogP contribution in [0.5, 0.6) is 0 Å². The Balaban J connectivity index is 0.00000106. The van der Waals surface area contributed by atoms with Gasteiger partial charge in [-0.15, -0.1) is 0 Å². The summed E-state index contributed by atoms with van der Waals surface area (Å²) in [5, 5.41) is 13.1. The molecule has 0 saturated heterocycles. The normalized spacial score (nSPS) is 9.00. The van der Waals surface area contributed by atoms with Crippen LogP contribution in [-0.2, 0) is 0 Å². The molecule has 0 amide bonds. The third-order valence-corrected chi connectivity index (χ3v) is 1.73. The van der Waals surface area contributed by atoms with Crippen LogP contribution < -0.4 is 5.32 Å². The van der Waals surface area contributed by atoms with Gasteiger partial charge in [0.25, 0.3) is 5.69 Å². The van der Waals surface area contributed by atoms with Crippen molar-refractivity contribution in [1.29, 1.82) is 0 Å². The minimum atomic E-state index is -0.618. The number of rotatable bonds is 4. The molecule has 0 saturated carbocycles. The van der Waals surface area contributed by atoms with E-state index >= 15 is 0 Å². The summed E-state index contributed by atoms with van der Waals surface area (Å²) in [5.41, 5.74) is 0.0713. The van der Waals surface area contributed by atoms with Crippen molar-refractivity contribution in [3.05, 3.63) is 34.1 Å². The van der Waals surface area contributed by atoms with Gasteiger partial charge in [-0.05, 0) is 12.5 Å². The second kappa shape index (κ2) is 7.62. The first kappa shape index (κ1) is 14.3. The highest BCUT2D eigenvalue weighted by Crippen LogP contribution is 2.20. The lowest BCUT2D eigenvalue weighted by Gasteiger charge is -2.04. The van der Waals surface area contributed by atoms with E-state index in [-0.39, 0.29) is 5.69 Å². The first-order valence-electron chi connectivity index (χ1n) is 5.33. The van der Waals surface area contributed by atoms with Gasteiger partial charge in [-0.3, -0.25) is 10.1 Å². The summed E-state index contributed by atoms with van der Waals surface area (Å²) in [5.74, 6) is -0.590. The lowest BCUT2D eigenvalue weighted by Crippen LogP contribution is -2.02. The molecule has 0 radical (unpaired) electrons. The number of nitro benzene ring substituents is 1. The standard InChI is InChI=1S/C9H11FN2O2.C2H6/c1-2-5-11-9-4-3-7(12(13)14)6-8(9)10;1-2/h3-4,6,11H,2,5H2,1H3;1-2H3. The molecule has 1 aromatic rings. The molecule has 0 fully saturated rings. The van der Waals surface area contributed by atoms with Gasteiger partial charge in [0, 0.05) is 12.6 Å². The molecular weight excluding hydrogens is 211 g/mol. The summed E-state index contributed by atoms with van der Waals surface area (Å²) in [6, 6.07) is 3.57. The van der Waals surface area contributed by atoms with Crippen molar-refractivity contribution >= 4 is 11.4 Å². The van der Waals surface area contributed by atoms with E-state index in [9.17, 15) is 14.5 Å². The molecular formula is C11H17FN2O2. The maximum Gasteiger partial charge on any atom is 0.272 e. The highest BCUT2D eigenvalue weighted by atomic mass is 19.1. The highest BCUT2D eigenvalue weighted by Gasteiger charge is 2.09. The smallest absolute Gasteiger partial charge is 0.272 e. The number of hydrogen-bond donors (Lipinski definition) is 1. The number of nitrogens with zero attached hydrogens (tertiary/aromatic N) is 1. The van der Waals surface area contributed by atoms with Gasteiger partial charge < -0.3 is 5.32 Å². The maximum atomic E-state index is 13.2. The zero-order valence-electron chi connectivity index (χ0n) is 9.79. The summed E-state index contributed by atoms with van der Waals surface area (Å²) in [6.45, 7) is 6.60. The molecule has 0 heterocycles. The van der Waals surface area contributed by atoms with Crippen LogP contribution in [-0.4, -0.2) is 11.5 Å². The third kappa shape index (κ3) is 4.25. The Hall–Kier alpha value is -1.65. The molecule has 5 heteroatoms. The third-order valence-electron chi connectivity index (χ3n) is 1.73. The Morgan fingerprint density at radius 3 is 2.50 bits per heavy atom. The van der Waals surface area contributed by atoms with E-state index in [2.05, 4.69) is 5.32 Å². The monoisotopic (exact) mass is 228 g/mol. The van der Waals surface area contributed by atoms with Crippen molar-refractivity contribution in [3.8, 4) is 0 Å². The fourth-order valence-electron chi connectivity index (χ4n) is 1.02. The summed E-state index contributed by atoms with van der Waals surface area (Å²) in [7, 11) is 0. The van der Waals surface area contributed by atoms with Crippen molar-refractivity contribution in [3.63, 3.8) is 0 Å². The number of nitrogens with one attached hydrogen (secondary N) is 1. The molecule has 90 valence electrons. The van der Waals surface area contributed by atoms with Crippen LogP contribution in [0.2, 0.25) is 0 Å². The summed E-state index contributed by atoms with van der Waals surface area (Å²) >= 11 is 0. The molecule has 1 rings (SSSR count). The molecule has 1 aromatic carbocycles. The van der Waals surface area contributed by atoms with Crippen LogP contribution in [0.15, 0.2) is 18.2 Å². The number of benzene rings is 1. The fourth-order valence-corrected chi connectivity index (χ4v) is 1.02. The predicted molar refractivity (Wildman–Crippen MR) is 63.2 cm³/mol. The van der Waals surface area contributed by atoms with Gasteiger partial charge >= 0.3 is 0 Å². The zero-order valence-corrected chi connectivity index (χ0v) is 9.79. The fraction of sp³-hybridized carbons (Fsp3) is 0.455. The van der Waals surface area contributed by atoms with Crippen molar-refractivity contribution in [1.82, 2.24) is 0 Å². The van der Waals surface area contributed by atoms with E-state index < -0.39 is 10.7 Å². The van der Waals surface area contributed by atoms with E-state index in [1.807, 2.05) is 20.8 Å². The molecule has 0 bridgehead atoms. The minimum absolute atomic E-state index is 0.232. The van der Waals surface area contributed by atoms with Crippen LogP contribution in [0.25, 0.3) is 0 Å². The Morgan fingerprint density at radius 1 is 1.44 bits per heavy atom. The van der Waals surface area contributed by atoms with E-state index in [1.54, 1.807) is 0 Å². The average molecular weight is 228 g/mol. The molecule has 0 aliphatic carbocycles. The summed E-state index contributed by atoms with van der Waals surface area (Å²) < 4.78 is 13.2. The van der Waals surface area contributed by atoms with Gasteiger partial charge in [0.15, 0.2) is 5.82 Å². The van der Waals surface area contributed by atoms with Crippen LogP contribution in [0.3, 0.4) is 0 Å². The molecule has 0 aliphatic rings. The van der Waals surface area contributed by atoms with Crippen molar-refractivity contribution in [2.45, 2.75) is 27.2 Å². The van der Waals surface area contributed by atoms with Gasteiger partial charge in [-0.1, -0.05) is 20.8 Å². The molecule has 0 spiro atoms. The van der Waals surface area contributed by atoms with E-state index in [0.29, 0.717) is 12.2 Å². The van der Waals surface area contributed by atoms with E-state index in [1.165, 1.54) is 12.1 Å². The Labute approximate surface area is 94.6 Å². The van der Waals surface area contributed by atoms with Crippen molar-refractivity contribution in [2.75, 3.05) is 11.9 Å². The molecule has 1 N–H and O–H groups in total. The topological polar surface area (TPSA) is 55.2 Å². The second-order valence-electron chi connectivity index (χ2n) is 2.85. The first-order valence-corrected chi connectivity index (χ1v) is 5.33. The number of nitro groups is 1. The molecule has 16 heavy (non-hydrogen) atoms. The number of halogens is 1. The lowest BCUT2D eigenvalue weighted by molar-refractivity contribution is -0.385.